The highest BCUT2D eigenvalue weighted by atomic mass is 35.5. The van der Waals surface area contributed by atoms with Gasteiger partial charge in [0, 0.05) is 41.8 Å². The molecule has 0 saturated carbocycles. The van der Waals surface area contributed by atoms with Gasteiger partial charge in [0.05, 0.1) is 16.9 Å². The second-order valence-electron chi connectivity index (χ2n) is 9.71. The second kappa shape index (κ2) is 13.1. The number of hydrazone groups is 1. The quantitative estimate of drug-likeness (QED) is 0.149. The van der Waals surface area contributed by atoms with E-state index in [-0.39, 0.29) is 18.0 Å². The van der Waals surface area contributed by atoms with Crippen LogP contribution >= 0.6 is 11.6 Å². The van der Waals surface area contributed by atoms with Crippen molar-refractivity contribution in [2.75, 3.05) is 0 Å². The van der Waals surface area contributed by atoms with E-state index < -0.39 is 21.7 Å². The van der Waals surface area contributed by atoms with Crippen LogP contribution in [0.1, 0.15) is 34.0 Å². The molecule has 1 N–H and O–H groups in total. The summed E-state index contributed by atoms with van der Waals surface area (Å²) >= 11 is 5.96. The minimum Gasteiger partial charge on any atom is -0.306 e. The number of hydrogen-bond acceptors (Lipinski definition) is 5. The molecule has 218 valence electrons. The van der Waals surface area contributed by atoms with Gasteiger partial charge in [-0.1, -0.05) is 48.0 Å². The number of halogens is 2. The number of aromatic nitrogens is 2. The molecule has 0 saturated heterocycles. The lowest BCUT2D eigenvalue weighted by Crippen LogP contribution is -2.30. The standard InChI is InChI=1S/C32H27ClFN5O3S/c1-23(26-8-14-30(15-9-26)38-19-18-35-22-38)36-37-32(40)27-6-2-24(3-7-27)20-39(21-25-4-12-29(34)13-5-25)43(41,42)31-16-10-28(33)11-17-31/h2-19,22H,20-21H2,1H3,(H,37,40). The maximum Gasteiger partial charge on any atom is 0.271 e. The normalized spacial score (nSPS) is 12.0. The van der Waals surface area contributed by atoms with Crippen LogP contribution in [0.25, 0.3) is 5.69 Å². The molecule has 0 bridgehead atoms. The first-order valence-corrected chi connectivity index (χ1v) is 15.0. The van der Waals surface area contributed by atoms with Gasteiger partial charge in [0.15, 0.2) is 0 Å². The first-order chi connectivity index (χ1) is 20.7. The van der Waals surface area contributed by atoms with E-state index in [4.69, 9.17) is 11.6 Å². The summed E-state index contributed by atoms with van der Waals surface area (Å²) in [7, 11) is -3.93. The average molecular weight is 616 g/mol. The number of amides is 1. The van der Waals surface area contributed by atoms with Crippen molar-refractivity contribution in [1.82, 2.24) is 19.3 Å². The van der Waals surface area contributed by atoms with Crippen LogP contribution in [-0.2, 0) is 23.1 Å². The SMILES string of the molecule is CC(=NNC(=O)c1ccc(CN(Cc2ccc(F)cc2)S(=O)(=O)c2ccc(Cl)cc2)cc1)c1ccc(-n2ccnc2)cc1. The van der Waals surface area contributed by atoms with E-state index >= 15 is 0 Å². The molecule has 8 nitrogen and oxygen atoms in total. The highest BCUT2D eigenvalue weighted by Gasteiger charge is 2.25. The molecule has 43 heavy (non-hydrogen) atoms. The number of rotatable bonds is 10. The lowest BCUT2D eigenvalue weighted by molar-refractivity contribution is 0.0954. The van der Waals surface area contributed by atoms with Crippen LogP contribution in [0.3, 0.4) is 0 Å². The largest absolute Gasteiger partial charge is 0.306 e. The van der Waals surface area contributed by atoms with Gasteiger partial charge >= 0.3 is 0 Å². The lowest BCUT2D eigenvalue weighted by atomic mass is 10.1. The summed E-state index contributed by atoms with van der Waals surface area (Å²) in [4.78, 5) is 16.9. The number of hydrogen-bond donors (Lipinski definition) is 1. The number of imidazole rings is 1. The molecule has 5 rings (SSSR count). The van der Waals surface area contributed by atoms with Gasteiger partial charge < -0.3 is 4.57 Å². The van der Waals surface area contributed by atoms with Crippen LogP contribution < -0.4 is 5.43 Å². The highest BCUT2D eigenvalue weighted by Crippen LogP contribution is 2.23. The Kier molecular flexibility index (Phi) is 9.10. The zero-order valence-corrected chi connectivity index (χ0v) is 24.6. The Morgan fingerprint density at radius 1 is 0.884 bits per heavy atom. The van der Waals surface area contributed by atoms with Crippen LogP contribution in [0.4, 0.5) is 4.39 Å². The topological polar surface area (TPSA) is 96.7 Å². The van der Waals surface area contributed by atoms with Gasteiger partial charge in [0.2, 0.25) is 10.0 Å². The van der Waals surface area contributed by atoms with Crippen LogP contribution in [0, 0.1) is 5.82 Å². The molecule has 11 heteroatoms. The number of carbonyl (C=O) groups is 1. The zero-order valence-electron chi connectivity index (χ0n) is 23.1. The van der Waals surface area contributed by atoms with Gasteiger partial charge in [0.1, 0.15) is 5.82 Å². The van der Waals surface area contributed by atoms with Crippen molar-refractivity contribution in [2.45, 2.75) is 24.9 Å². The first kappa shape index (κ1) is 29.8. The van der Waals surface area contributed by atoms with Crippen molar-refractivity contribution in [2.24, 2.45) is 5.10 Å². The molecule has 0 atom stereocenters. The zero-order chi connectivity index (χ0) is 30.4. The highest BCUT2D eigenvalue weighted by molar-refractivity contribution is 7.89. The summed E-state index contributed by atoms with van der Waals surface area (Å²) in [5.41, 5.74) is 6.66. The van der Waals surface area contributed by atoms with E-state index in [0.29, 0.717) is 27.4 Å². The van der Waals surface area contributed by atoms with Crippen LogP contribution in [0.2, 0.25) is 5.02 Å². The van der Waals surface area contributed by atoms with Gasteiger partial charge in [-0.2, -0.15) is 9.41 Å². The van der Waals surface area contributed by atoms with E-state index in [1.165, 1.54) is 40.7 Å². The fraction of sp³-hybridized carbons (Fsp3) is 0.0938. The average Bonchev–Trinajstić information content (AvgIpc) is 3.56. The predicted octanol–water partition coefficient (Wildman–Crippen LogP) is 6.21. The molecule has 0 spiro atoms. The Bertz CT molecular complexity index is 1830. The maximum absolute atomic E-state index is 13.6. The Morgan fingerprint density at radius 3 is 2.05 bits per heavy atom. The molecule has 0 radical (unpaired) electrons. The molecule has 0 unspecified atom stereocenters. The molecule has 4 aromatic carbocycles. The van der Waals surface area contributed by atoms with E-state index in [1.54, 1.807) is 55.8 Å². The van der Waals surface area contributed by atoms with Crippen molar-refractivity contribution in [3.63, 3.8) is 0 Å². The van der Waals surface area contributed by atoms with Crippen LogP contribution in [0.5, 0.6) is 0 Å². The van der Waals surface area contributed by atoms with Gasteiger partial charge in [-0.25, -0.2) is 23.2 Å². The Hall–Kier alpha value is -4.64. The summed E-state index contributed by atoms with van der Waals surface area (Å²) in [6, 6.07) is 25.9. The van der Waals surface area contributed by atoms with Crippen molar-refractivity contribution < 1.29 is 17.6 Å². The predicted molar refractivity (Wildman–Crippen MR) is 164 cm³/mol. The van der Waals surface area contributed by atoms with Gasteiger partial charge in [-0.15, -0.1) is 0 Å². The second-order valence-corrected chi connectivity index (χ2v) is 12.1. The fourth-order valence-electron chi connectivity index (χ4n) is 4.29. The lowest BCUT2D eigenvalue weighted by Gasteiger charge is -2.23. The fourth-order valence-corrected chi connectivity index (χ4v) is 5.83. The molecule has 1 aromatic heterocycles. The number of sulfonamides is 1. The molecule has 0 aliphatic heterocycles. The number of benzene rings is 4. The Balaban J connectivity index is 1.28. The van der Waals surface area contributed by atoms with Crippen molar-refractivity contribution >= 4 is 33.2 Å². The third-order valence-corrected chi connectivity index (χ3v) is 8.77. The molecule has 0 aliphatic carbocycles. The van der Waals surface area contributed by atoms with Gasteiger partial charge in [0.25, 0.3) is 5.91 Å². The minimum absolute atomic E-state index is 0.0186. The van der Waals surface area contributed by atoms with Crippen LogP contribution in [0.15, 0.2) is 126 Å². The van der Waals surface area contributed by atoms with E-state index in [0.717, 1.165) is 11.3 Å². The number of carbonyl (C=O) groups excluding carboxylic acids is 1. The number of nitrogens with zero attached hydrogens (tertiary/aromatic N) is 4. The van der Waals surface area contributed by atoms with Crippen molar-refractivity contribution in [3.8, 4) is 5.69 Å². The van der Waals surface area contributed by atoms with Gasteiger partial charge in [-0.05, 0) is 84.3 Å². The Morgan fingerprint density at radius 2 is 1.47 bits per heavy atom. The maximum atomic E-state index is 13.6. The van der Waals surface area contributed by atoms with E-state index in [2.05, 4.69) is 15.5 Å². The molecule has 0 fully saturated rings. The third-order valence-electron chi connectivity index (χ3n) is 6.71. The van der Waals surface area contributed by atoms with Crippen molar-refractivity contribution in [3.05, 3.63) is 149 Å². The Labute approximate surface area is 254 Å². The van der Waals surface area contributed by atoms with E-state index in [9.17, 15) is 17.6 Å². The molecule has 1 heterocycles. The molecule has 5 aromatic rings. The summed E-state index contributed by atoms with van der Waals surface area (Å²) in [6.07, 6.45) is 5.27. The first-order valence-electron chi connectivity index (χ1n) is 13.2. The third kappa shape index (κ3) is 7.42. The van der Waals surface area contributed by atoms with Crippen LogP contribution in [-0.4, -0.2) is 33.9 Å². The molecular weight excluding hydrogens is 589 g/mol. The van der Waals surface area contributed by atoms with Crippen molar-refractivity contribution in [1.29, 1.82) is 0 Å². The monoisotopic (exact) mass is 615 g/mol. The van der Waals surface area contributed by atoms with Gasteiger partial charge in [-0.3, -0.25) is 4.79 Å². The molecule has 1 amide bonds. The smallest absolute Gasteiger partial charge is 0.271 e. The summed E-state index contributed by atoms with van der Waals surface area (Å²) in [5, 5.41) is 4.65. The minimum atomic E-state index is -3.93. The summed E-state index contributed by atoms with van der Waals surface area (Å²) in [6.45, 7) is 1.84. The molecule has 0 aliphatic rings. The summed E-state index contributed by atoms with van der Waals surface area (Å²) < 4.78 is 43.8. The number of nitrogens with one attached hydrogen (secondary N) is 1. The molecular formula is C32H27ClFN5O3S. The van der Waals surface area contributed by atoms with E-state index in [1.807, 2.05) is 35.0 Å². The summed E-state index contributed by atoms with van der Waals surface area (Å²) in [5.74, 6) is -0.814.